The van der Waals surface area contributed by atoms with Crippen LogP contribution in [0.15, 0.2) is 30.3 Å². The quantitative estimate of drug-likeness (QED) is 0.612. The molecule has 2 aliphatic rings. The molecule has 2 unspecified atom stereocenters. The van der Waals surface area contributed by atoms with Gasteiger partial charge in [0.15, 0.2) is 0 Å². The highest BCUT2D eigenvalue weighted by molar-refractivity contribution is 8.00. The minimum atomic E-state index is -0.490. The lowest BCUT2D eigenvalue weighted by atomic mass is 9.88. The van der Waals surface area contributed by atoms with Crippen LogP contribution in [0.1, 0.15) is 51.0 Å². The van der Waals surface area contributed by atoms with Crippen LogP contribution in [0.25, 0.3) is 0 Å². The van der Waals surface area contributed by atoms with Gasteiger partial charge in [-0.15, -0.1) is 11.8 Å². The average molecular weight is 406 g/mol. The molecule has 1 aliphatic heterocycles. The number of esters is 1. The van der Waals surface area contributed by atoms with Crippen molar-refractivity contribution in [2.75, 3.05) is 19.0 Å². The Kier molecular flexibility index (Phi) is 8.22. The van der Waals surface area contributed by atoms with Gasteiger partial charge in [-0.25, -0.2) is 4.79 Å². The normalized spacial score (nSPS) is 23.0. The first kappa shape index (κ1) is 21.2. The SMILES string of the molecule is CCCOC(=O)C1CSC(C2CCCCC2)N1C(=O)COCc1ccccc1. The summed E-state index contributed by atoms with van der Waals surface area (Å²) in [5, 5.41) is 0.0623. The fourth-order valence-electron chi connectivity index (χ4n) is 4.01. The first-order valence-electron chi connectivity index (χ1n) is 10.4. The number of rotatable bonds is 8. The molecule has 1 saturated carbocycles. The maximum absolute atomic E-state index is 13.1. The van der Waals surface area contributed by atoms with Gasteiger partial charge in [-0.05, 0) is 30.7 Å². The zero-order valence-electron chi connectivity index (χ0n) is 16.7. The highest BCUT2D eigenvalue weighted by Crippen LogP contribution is 2.40. The van der Waals surface area contributed by atoms with E-state index >= 15 is 0 Å². The highest BCUT2D eigenvalue weighted by atomic mass is 32.2. The number of carbonyl (C=O) groups is 2. The standard InChI is InChI=1S/C22H31NO4S/c1-2-13-27-22(25)19-16-28-21(18-11-7-4-8-12-18)23(19)20(24)15-26-14-17-9-5-3-6-10-17/h3,5-6,9-10,18-19,21H,2,4,7-8,11-16H2,1H3. The first-order valence-corrected chi connectivity index (χ1v) is 11.5. The van der Waals surface area contributed by atoms with Gasteiger partial charge in [0.1, 0.15) is 12.6 Å². The Labute approximate surface area is 172 Å². The summed E-state index contributed by atoms with van der Waals surface area (Å²) >= 11 is 1.73. The van der Waals surface area contributed by atoms with E-state index in [2.05, 4.69) is 0 Å². The molecule has 1 aliphatic carbocycles. The molecule has 1 saturated heterocycles. The number of ether oxygens (including phenoxy) is 2. The van der Waals surface area contributed by atoms with E-state index in [1.807, 2.05) is 37.3 Å². The number of hydrogen-bond donors (Lipinski definition) is 0. The van der Waals surface area contributed by atoms with Crippen LogP contribution in [0.4, 0.5) is 0 Å². The van der Waals surface area contributed by atoms with Crippen molar-refractivity contribution >= 4 is 23.6 Å². The lowest BCUT2D eigenvalue weighted by Crippen LogP contribution is -2.50. The van der Waals surface area contributed by atoms with Gasteiger partial charge in [0.2, 0.25) is 5.91 Å². The van der Waals surface area contributed by atoms with Crippen molar-refractivity contribution in [3.63, 3.8) is 0 Å². The Balaban J connectivity index is 1.64. The molecule has 6 heteroatoms. The summed E-state index contributed by atoms with van der Waals surface area (Å²) in [6.07, 6.45) is 6.72. The third-order valence-corrected chi connectivity index (χ3v) is 6.90. The van der Waals surface area contributed by atoms with Crippen LogP contribution in [0, 0.1) is 5.92 Å². The van der Waals surface area contributed by atoms with E-state index in [9.17, 15) is 9.59 Å². The molecule has 0 bridgehead atoms. The van der Waals surface area contributed by atoms with Crippen molar-refractivity contribution in [3.05, 3.63) is 35.9 Å². The molecule has 2 atom stereocenters. The smallest absolute Gasteiger partial charge is 0.329 e. The van der Waals surface area contributed by atoms with Crippen molar-refractivity contribution in [1.29, 1.82) is 0 Å². The number of amides is 1. The molecule has 1 amide bonds. The summed E-state index contributed by atoms with van der Waals surface area (Å²) in [7, 11) is 0. The second kappa shape index (κ2) is 10.9. The van der Waals surface area contributed by atoms with E-state index in [-0.39, 0.29) is 23.9 Å². The van der Waals surface area contributed by atoms with Crippen LogP contribution in [0.3, 0.4) is 0 Å². The van der Waals surface area contributed by atoms with Gasteiger partial charge < -0.3 is 14.4 Å². The number of nitrogens with zero attached hydrogens (tertiary/aromatic N) is 1. The summed E-state index contributed by atoms with van der Waals surface area (Å²) in [4.78, 5) is 27.4. The molecule has 0 aromatic heterocycles. The molecule has 154 valence electrons. The van der Waals surface area contributed by atoms with Gasteiger partial charge in [0.05, 0.1) is 18.6 Å². The van der Waals surface area contributed by atoms with Crippen LogP contribution in [-0.2, 0) is 25.7 Å². The maximum atomic E-state index is 13.1. The monoisotopic (exact) mass is 405 g/mol. The van der Waals surface area contributed by atoms with Crippen LogP contribution in [-0.4, -0.2) is 47.2 Å². The summed E-state index contributed by atoms with van der Waals surface area (Å²) in [5.41, 5.74) is 1.04. The zero-order valence-corrected chi connectivity index (χ0v) is 17.5. The molecule has 28 heavy (non-hydrogen) atoms. The second-order valence-electron chi connectivity index (χ2n) is 7.58. The van der Waals surface area contributed by atoms with E-state index in [4.69, 9.17) is 9.47 Å². The van der Waals surface area contributed by atoms with E-state index in [1.54, 1.807) is 16.7 Å². The molecule has 1 heterocycles. The minimum absolute atomic E-state index is 0.00374. The predicted octanol–water partition coefficient (Wildman–Crippen LogP) is 4.01. The van der Waals surface area contributed by atoms with Gasteiger partial charge in [0.25, 0.3) is 0 Å². The van der Waals surface area contributed by atoms with Crippen LogP contribution >= 0.6 is 11.8 Å². The third kappa shape index (κ3) is 5.51. The third-order valence-electron chi connectivity index (χ3n) is 5.43. The molecule has 2 fully saturated rings. The summed E-state index contributed by atoms with van der Waals surface area (Å²) < 4.78 is 11.1. The lowest BCUT2D eigenvalue weighted by molar-refractivity contribution is -0.156. The average Bonchev–Trinajstić information content (AvgIpc) is 3.19. The van der Waals surface area contributed by atoms with Crippen molar-refractivity contribution in [1.82, 2.24) is 4.90 Å². The summed E-state index contributed by atoms with van der Waals surface area (Å²) in [5.74, 6) is 0.702. The Morgan fingerprint density at radius 2 is 1.89 bits per heavy atom. The fraction of sp³-hybridized carbons (Fsp3) is 0.636. The predicted molar refractivity (Wildman–Crippen MR) is 111 cm³/mol. The minimum Gasteiger partial charge on any atom is -0.464 e. The molecule has 5 nitrogen and oxygen atoms in total. The van der Waals surface area contributed by atoms with Crippen molar-refractivity contribution in [3.8, 4) is 0 Å². The topological polar surface area (TPSA) is 55.8 Å². The van der Waals surface area contributed by atoms with Gasteiger partial charge >= 0.3 is 5.97 Å². The Bertz CT molecular complexity index is 633. The Hall–Kier alpha value is -1.53. The molecule has 1 aromatic rings. The van der Waals surface area contributed by atoms with E-state index < -0.39 is 6.04 Å². The Morgan fingerprint density at radius 1 is 1.14 bits per heavy atom. The van der Waals surface area contributed by atoms with Crippen LogP contribution in [0.2, 0.25) is 0 Å². The highest BCUT2D eigenvalue weighted by Gasteiger charge is 2.45. The summed E-state index contributed by atoms with van der Waals surface area (Å²) in [6.45, 7) is 2.77. The molecule has 0 spiro atoms. The Morgan fingerprint density at radius 3 is 2.61 bits per heavy atom. The van der Waals surface area contributed by atoms with Crippen molar-refractivity contribution in [2.24, 2.45) is 5.92 Å². The molecular formula is C22H31NO4S. The fourth-order valence-corrected chi connectivity index (χ4v) is 5.66. The van der Waals surface area contributed by atoms with Gasteiger partial charge in [0, 0.05) is 5.75 Å². The van der Waals surface area contributed by atoms with Crippen LogP contribution in [0.5, 0.6) is 0 Å². The number of thioether (sulfide) groups is 1. The molecule has 3 rings (SSSR count). The number of carbonyl (C=O) groups excluding carboxylic acids is 2. The molecule has 0 N–H and O–H groups in total. The largest absolute Gasteiger partial charge is 0.464 e. The van der Waals surface area contributed by atoms with Gasteiger partial charge in [-0.2, -0.15) is 0 Å². The maximum Gasteiger partial charge on any atom is 0.329 e. The van der Waals surface area contributed by atoms with Crippen molar-refractivity contribution in [2.45, 2.75) is 63.5 Å². The second-order valence-corrected chi connectivity index (χ2v) is 8.73. The molecule has 1 aromatic carbocycles. The summed E-state index contributed by atoms with van der Waals surface area (Å²) in [6, 6.07) is 9.33. The van der Waals surface area contributed by atoms with Gasteiger partial charge in [-0.3, -0.25) is 4.79 Å². The van der Waals surface area contributed by atoms with E-state index in [1.165, 1.54) is 19.3 Å². The molecule has 0 radical (unpaired) electrons. The zero-order chi connectivity index (χ0) is 19.8. The van der Waals surface area contributed by atoms with E-state index in [0.717, 1.165) is 24.8 Å². The first-order chi connectivity index (χ1) is 13.7. The number of hydrogen-bond acceptors (Lipinski definition) is 5. The lowest BCUT2D eigenvalue weighted by Gasteiger charge is -2.35. The van der Waals surface area contributed by atoms with Crippen molar-refractivity contribution < 1.29 is 19.1 Å². The van der Waals surface area contributed by atoms with E-state index in [0.29, 0.717) is 24.9 Å². The molecular weight excluding hydrogens is 374 g/mol. The van der Waals surface area contributed by atoms with Crippen LogP contribution < -0.4 is 0 Å². The number of benzene rings is 1. The van der Waals surface area contributed by atoms with Gasteiger partial charge in [-0.1, -0.05) is 56.5 Å².